The van der Waals surface area contributed by atoms with Crippen molar-refractivity contribution in [3.8, 4) is 11.3 Å². The highest BCUT2D eigenvalue weighted by atomic mass is 16.5. The standard InChI is InChI=1S/C21H26N6O2/c1-20(2,3)26-17-16-13(7-15(25-17)14-8-23-19(22)24-9-14)5-6-27(18(16)28)10-21(4)11-29-12-21/h5-9H,10-12H2,1-4H3,(H,25,26)(H2,22,23,24). The van der Waals surface area contributed by atoms with Crippen LogP contribution >= 0.6 is 0 Å². The van der Waals surface area contributed by atoms with Crippen LogP contribution in [0.25, 0.3) is 22.0 Å². The quantitative estimate of drug-likeness (QED) is 0.700. The van der Waals surface area contributed by atoms with Gasteiger partial charge in [0.1, 0.15) is 5.82 Å². The molecule has 3 aromatic rings. The lowest BCUT2D eigenvalue weighted by Crippen LogP contribution is -2.45. The van der Waals surface area contributed by atoms with Gasteiger partial charge in [0.05, 0.1) is 24.3 Å². The molecule has 8 nitrogen and oxygen atoms in total. The zero-order valence-electron chi connectivity index (χ0n) is 17.2. The first kappa shape index (κ1) is 19.3. The summed E-state index contributed by atoms with van der Waals surface area (Å²) < 4.78 is 7.10. The molecule has 152 valence electrons. The van der Waals surface area contributed by atoms with Crippen LogP contribution in [0.3, 0.4) is 0 Å². The van der Waals surface area contributed by atoms with Crippen LogP contribution in [0.1, 0.15) is 27.7 Å². The van der Waals surface area contributed by atoms with Crippen LogP contribution in [-0.2, 0) is 11.3 Å². The van der Waals surface area contributed by atoms with Crippen molar-refractivity contribution in [3.63, 3.8) is 0 Å². The molecule has 1 aliphatic heterocycles. The van der Waals surface area contributed by atoms with Gasteiger partial charge in [0.2, 0.25) is 5.95 Å². The van der Waals surface area contributed by atoms with E-state index in [0.717, 1.165) is 10.9 Å². The van der Waals surface area contributed by atoms with Gasteiger partial charge in [-0.05, 0) is 38.3 Å². The average Bonchev–Trinajstić information content (AvgIpc) is 2.61. The van der Waals surface area contributed by atoms with Gasteiger partial charge in [0.25, 0.3) is 5.56 Å². The van der Waals surface area contributed by atoms with E-state index in [9.17, 15) is 4.79 Å². The summed E-state index contributed by atoms with van der Waals surface area (Å²) in [4.78, 5) is 26.2. The number of anilines is 2. The maximum Gasteiger partial charge on any atom is 0.262 e. The Hall–Kier alpha value is -3.00. The summed E-state index contributed by atoms with van der Waals surface area (Å²) in [5.41, 5.74) is 6.69. The number of hydrogen-bond acceptors (Lipinski definition) is 7. The van der Waals surface area contributed by atoms with Crippen LogP contribution in [-0.4, -0.2) is 38.3 Å². The SMILES string of the molecule is CC1(Cn2ccc3cc(-c4cnc(N)nc4)nc(NC(C)(C)C)c3c2=O)COC1. The van der Waals surface area contributed by atoms with Gasteiger partial charge in [0.15, 0.2) is 0 Å². The summed E-state index contributed by atoms with van der Waals surface area (Å²) in [6, 6.07) is 3.84. The lowest BCUT2D eigenvalue weighted by Gasteiger charge is -2.38. The molecule has 0 aliphatic carbocycles. The van der Waals surface area contributed by atoms with E-state index < -0.39 is 0 Å². The summed E-state index contributed by atoms with van der Waals surface area (Å²) in [5, 5.41) is 4.78. The normalized spacial score (nSPS) is 15.9. The maximum atomic E-state index is 13.3. The summed E-state index contributed by atoms with van der Waals surface area (Å²) in [5.74, 6) is 0.759. The third-order valence-corrected chi connectivity index (χ3v) is 4.87. The van der Waals surface area contributed by atoms with E-state index in [-0.39, 0.29) is 22.5 Å². The van der Waals surface area contributed by atoms with Crippen molar-refractivity contribution in [3.05, 3.63) is 41.1 Å². The molecule has 0 saturated carbocycles. The van der Waals surface area contributed by atoms with Gasteiger partial charge >= 0.3 is 0 Å². The van der Waals surface area contributed by atoms with Gasteiger partial charge in [-0.3, -0.25) is 4.79 Å². The first-order chi connectivity index (χ1) is 13.6. The highest BCUT2D eigenvalue weighted by Gasteiger charge is 2.34. The minimum absolute atomic E-state index is 0.0101. The molecule has 4 heterocycles. The second-order valence-corrected chi connectivity index (χ2v) is 9.08. The molecule has 4 rings (SSSR count). The number of rotatable bonds is 4. The first-order valence-electron chi connectivity index (χ1n) is 9.62. The Kier molecular flexibility index (Phi) is 4.53. The molecular weight excluding hydrogens is 368 g/mol. The van der Waals surface area contributed by atoms with E-state index in [1.165, 1.54) is 0 Å². The molecule has 0 radical (unpaired) electrons. The molecule has 0 aromatic carbocycles. The smallest absolute Gasteiger partial charge is 0.262 e. The Morgan fingerprint density at radius 1 is 1.28 bits per heavy atom. The van der Waals surface area contributed by atoms with Crippen molar-refractivity contribution in [1.29, 1.82) is 0 Å². The molecule has 0 atom stereocenters. The van der Waals surface area contributed by atoms with Crippen molar-refractivity contribution in [2.24, 2.45) is 5.41 Å². The number of nitrogens with zero attached hydrogens (tertiary/aromatic N) is 4. The Balaban J connectivity index is 1.87. The number of aromatic nitrogens is 4. The maximum absolute atomic E-state index is 13.3. The van der Waals surface area contributed by atoms with Gasteiger partial charge in [-0.1, -0.05) is 6.92 Å². The van der Waals surface area contributed by atoms with E-state index in [1.54, 1.807) is 17.0 Å². The molecule has 1 saturated heterocycles. The van der Waals surface area contributed by atoms with E-state index in [4.69, 9.17) is 15.5 Å². The van der Waals surface area contributed by atoms with Crippen LogP contribution in [0, 0.1) is 5.41 Å². The Labute approximate surface area is 169 Å². The molecular formula is C21H26N6O2. The molecule has 1 aliphatic rings. The summed E-state index contributed by atoms with van der Waals surface area (Å²) in [6.45, 7) is 10.2. The minimum atomic E-state index is -0.267. The predicted octanol–water partition coefficient (Wildman–Crippen LogP) is 2.68. The van der Waals surface area contributed by atoms with Crippen LogP contribution in [0.5, 0.6) is 0 Å². The van der Waals surface area contributed by atoms with Crippen LogP contribution in [0.4, 0.5) is 11.8 Å². The number of fused-ring (bicyclic) bond motifs is 1. The highest BCUT2D eigenvalue weighted by molar-refractivity contribution is 5.94. The van der Waals surface area contributed by atoms with Crippen molar-refractivity contribution < 1.29 is 4.74 Å². The number of nitrogens with two attached hydrogens (primary N) is 1. The van der Waals surface area contributed by atoms with E-state index in [1.807, 2.05) is 39.1 Å². The molecule has 0 unspecified atom stereocenters. The molecule has 1 fully saturated rings. The van der Waals surface area contributed by atoms with Crippen molar-refractivity contribution in [1.82, 2.24) is 19.5 Å². The fraction of sp³-hybridized carbons (Fsp3) is 0.429. The summed E-state index contributed by atoms with van der Waals surface area (Å²) >= 11 is 0. The third-order valence-electron chi connectivity index (χ3n) is 4.87. The fourth-order valence-corrected chi connectivity index (χ4v) is 3.44. The lowest BCUT2D eigenvalue weighted by atomic mass is 9.88. The second-order valence-electron chi connectivity index (χ2n) is 9.08. The van der Waals surface area contributed by atoms with Gasteiger partial charge in [-0.25, -0.2) is 15.0 Å². The number of pyridine rings is 2. The Morgan fingerprint density at radius 3 is 2.55 bits per heavy atom. The third kappa shape index (κ3) is 3.93. The van der Waals surface area contributed by atoms with Crippen LogP contribution < -0.4 is 16.6 Å². The number of nitrogen functional groups attached to an aromatic ring is 1. The lowest BCUT2D eigenvalue weighted by molar-refractivity contribution is -0.110. The minimum Gasteiger partial charge on any atom is -0.380 e. The molecule has 29 heavy (non-hydrogen) atoms. The molecule has 0 amide bonds. The fourth-order valence-electron chi connectivity index (χ4n) is 3.44. The summed E-state index contributed by atoms with van der Waals surface area (Å²) in [7, 11) is 0. The van der Waals surface area contributed by atoms with Gasteiger partial charge in [0, 0.05) is 41.7 Å². The van der Waals surface area contributed by atoms with Gasteiger partial charge < -0.3 is 20.4 Å². The van der Waals surface area contributed by atoms with Gasteiger partial charge in [-0.15, -0.1) is 0 Å². The van der Waals surface area contributed by atoms with E-state index in [2.05, 4.69) is 22.2 Å². The second kappa shape index (κ2) is 6.81. The molecule has 3 aromatic heterocycles. The molecule has 0 spiro atoms. The molecule has 0 bridgehead atoms. The highest BCUT2D eigenvalue weighted by Crippen LogP contribution is 2.30. The van der Waals surface area contributed by atoms with Crippen LogP contribution in [0.2, 0.25) is 0 Å². The average molecular weight is 394 g/mol. The topological polar surface area (TPSA) is 108 Å². The van der Waals surface area contributed by atoms with Crippen molar-refractivity contribution in [2.75, 3.05) is 24.3 Å². The van der Waals surface area contributed by atoms with Crippen molar-refractivity contribution in [2.45, 2.75) is 39.8 Å². The Bertz CT molecular complexity index is 1110. The van der Waals surface area contributed by atoms with E-state index >= 15 is 0 Å². The largest absolute Gasteiger partial charge is 0.380 e. The molecule has 3 N–H and O–H groups in total. The van der Waals surface area contributed by atoms with Crippen LogP contribution in [0.15, 0.2) is 35.5 Å². The summed E-state index contributed by atoms with van der Waals surface area (Å²) in [6.07, 6.45) is 5.12. The number of nitrogens with one attached hydrogen (secondary N) is 1. The zero-order chi connectivity index (χ0) is 20.8. The first-order valence-corrected chi connectivity index (χ1v) is 9.62. The number of ether oxygens (including phenoxy) is 1. The predicted molar refractivity (Wildman–Crippen MR) is 114 cm³/mol. The van der Waals surface area contributed by atoms with Gasteiger partial charge in [-0.2, -0.15) is 0 Å². The zero-order valence-corrected chi connectivity index (χ0v) is 17.2. The number of hydrogen-bond donors (Lipinski definition) is 2. The van der Waals surface area contributed by atoms with E-state index in [0.29, 0.717) is 36.7 Å². The molecule has 8 heteroatoms. The Morgan fingerprint density at radius 2 is 1.97 bits per heavy atom. The van der Waals surface area contributed by atoms with Crippen molar-refractivity contribution >= 4 is 22.5 Å². The monoisotopic (exact) mass is 394 g/mol.